The Hall–Kier alpha value is -2.33. The standard InChI is InChI=1S/C15H17N7OS2/c1-3-12-18-20-14(25-12)17-11(23)9-24-15-21-19-13(22(15)4-2)10-5-7-16-8-6-10/h5-8H,3-4,9H2,1-2H3,(H,17,20,23). The Morgan fingerprint density at radius 3 is 2.68 bits per heavy atom. The van der Waals surface area contributed by atoms with E-state index in [9.17, 15) is 4.79 Å². The van der Waals surface area contributed by atoms with E-state index in [1.54, 1.807) is 12.4 Å². The molecule has 0 aliphatic rings. The summed E-state index contributed by atoms with van der Waals surface area (Å²) < 4.78 is 1.98. The second-order valence-corrected chi connectivity index (χ2v) is 6.98. The first-order valence-electron chi connectivity index (χ1n) is 7.79. The van der Waals surface area contributed by atoms with Crippen LogP contribution in [0, 0.1) is 0 Å². The number of carbonyl (C=O) groups excluding carboxylic acids is 1. The van der Waals surface area contributed by atoms with E-state index in [1.165, 1.54) is 23.1 Å². The highest BCUT2D eigenvalue weighted by Crippen LogP contribution is 2.24. The molecule has 3 aromatic rings. The molecule has 0 radical (unpaired) electrons. The fourth-order valence-electron chi connectivity index (χ4n) is 2.13. The normalized spacial score (nSPS) is 10.8. The van der Waals surface area contributed by atoms with Gasteiger partial charge in [-0.05, 0) is 25.5 Å². The van der Waals surface area contributed by atoms with Crippen molar-refractivity contribution >= 4 is 34.1 Å². The van der Waals surface area contributed by atoms with Crippen molar-refractivity contribution in [1.29, 1.82) is 0 Å². The van der Waals surface area contributed by atoms with Crippen molar-refractivity contribution < 1.29 is 4.79 Å². The van der Waals surface area contributed by atoms with Gasteiger partial charge in [0.1, 0.15) is 5.01 Å². The number of hydrogen-bond acceptors (Lipinski definition) is 8. The van der Waals surface area contributed by atoms with Crippen molar-refractivity contribution in [2.24, 2.45) is 0 Å². The molecule has 0 aromatic carbocycles. The van der Waals surface area contributed by atoms with Gasteiger partial charge in [-0.2, -0.15) is 0 Å². The van der Waals surface area contributed by atoms with Crippen molar-refractivity contribution in [3.05, 3.63) is 29.5 Å². The van der Waals surface area contributed by atoms with Gasteiger partial charge in [0.05, 0.1) is 5.75 Å². The topological polar surface area (TPSA) is 98.5 Å². The summed E-state index contributed by atoms with van der Waals surface area (Å²) in [6.45, 7) is 4.73. The molecule has 0 aliphatic heterocycles. The number of anilines is 1. The first-order chi connectivity index (χ1) is 12.2. The molecule has 1 amide bonds. The molecule has 10 heteroatoms. The molecular formula is C15H17N7OS2. The van der Waals surface area contributed by atoms with Crippen molar-refractivity contribution in [3.63, 3.8) is 0 Å². The molecule has 25 heavy (non-hydrogen) atoms. The number of pyridine rings is 1. The maximum absolute atomic E-state index is 12.1. The van der Waals surface area contributed by atoms with E-state index >= 15 is 0 Å². The number of nitrogens with zero attached hydrogens (tertiary/aromatic N) is 6. The molecule has 3 aromatic heterocycles. The summed E-state index contributed by atoms with van der Waals surface area (Å²) in [6, 6.07) is 3.77. The predicted octanol–water partition coefficient (Wildman–Crippen LogP) is 2.50. The van der Waals surface area contributed by atoms with Gasteiger partial charge in [0, 0.05) is 24.5 Å². The summed E-state index contributed by atoms with van der Waals surface area (Å²) in [6.07, 6.45) is 4.24. The van der Waals surface area contributed by atoms with E-state index in [0.717, 1.165) is 22.8 Å². The lowest BCUT2D eigenvalue weighted by Crippen LogP contribution is -2.14. The molecule has 8 nitrogen and oxygen atoms in total. The Kier molecular flexibility index (Phi) is 5.71. The third-order valence-electron chi connectivity index (χ3n) is 3.32. The second-order valence-electron chi connectivity index (χ2n) is 4.98. The van der Waals surface area contributed by atoms with E-state index in [2.05, 4.69) is 30.7 Å². The minimum absolute atomic E-state index is 0.139. The quantitative estimate of drug-likeness (QED) is 0.633. The first kappa shape index (κ1) is 17.5. The van der Waals surface area contributed by atoms with Crippen LogP contribution in [0.5, 0.6) is 0 Å². The molecule has 130 valence electrons. The van der Waals surface area contributed by atoms with Crippen LogP contribution in [0.2, 0.25) is 0 Å². The van der Waals surface area contributed by atoms with Crippen LogP contribution in [0.1, 0.15) is 18.9 Å². The molecule has 0 saturated heterocycles. The van der Waals surface area contributed by atoms with Crippen LogP contribution in [0.25, 0.3) is 11.4 Å². The number of aromatic nitrogens is 6. The molecule has 1 N–H and O–H groups in total. The Bertz CT molecular complexity index is 847. The van der Waals surface area contributed by atoms with Gasteiger partial charge in [-0.1, -0.05) is 30.0 Å². The summed E-state index contributed by atoms with van der Waals surface area (Å²) in [5.41, 5.74) is 0.946. The average Bonchev–Trinajstić information content (AvgIpc) is 3.26. The van der Waals surface area contributed by atoms with Gasteiger partial charge in [-0.3, -0.25) is 15.1 Å². The minimum Gasteiger partial charge on any atom is -0.302 e. The van der Waals surface area contributed by atoms with E-state index in [0.29, 0.717) is 16.8 Å². The third kappa shape index (κ3) is 4.20. The Morgan fingerprint density at radius 1 is 1.20 bits per heavy atom. The first-order valence-corrected chi connectivity index (χ1v) is 9.60. The molecule has 0 fully saturated rings. The van der Waals surface area contributed by atoms with E-state index in [4.69, 9.17) is 0 Å². The smallest absolute Gasteiger partial charge is 0.236 e. The van der Waals surface area contributed by atoms with Crippen molar-refractivity contribution in [3.8, 4) is 11.4 Å². The van der Waals surface area contributed by atoms with Crippen molar-refractivity contribution in [1.82, 2.24) is 29.9 Å². The number of hydrogen-bond donors (Lipinski definition) is 1. The zero-order valence-electron chi connectivity index (χ0n) is 13.8. The van der Waals surface area contributed by atoms with Gasteiger partial charge in [-0.25, -0.2) is 0 Å². The third-order valence-corrected chi connectivity index (χ3v) is 5.27. The van der Waals surface area contributed by atoms with Crippen LogP contribution < -0.4 is 5.32 Å². The Morgan fingerprint density at radius 2 is 2.00 bits per heavy atom. The van der Waals surface area contributed by atoms with Crippen LogP contribution >= 0.6 is 23.1 Å². The molecule has 0 saturated carbocycles. The molecule has 0 bridgehead atoms. The van der Waals surface area contributed by atoms with Crippen LogP contribution in [0.4, 0.5) is 5.13 Å². The van der Waals surface area contributed by atoms with Crippen LogP contribution in [-0.2, 0) is 17.8 Å². The number of nitrogens with one attached hydrogen (secondary N) is 1. The summed E-state index contributed by atoms with van der Waals surface area (Å²) in [5, 5.41) is 21.3. The highest BCUT2D eigenvalue weighted by Gasteiger charge is 2.15. The van der Waals surface area contributed by atoms with Gasteiger partial charge in [0.2, 0.25) is 11.0 Å². The molecule has 0 spiro atoms. The van der Waals surface area contributed by atoms with Gasteiger partial charge in [0.15, 0.2) is 11.0 Å². The lowest BCUT2D eigenvalue weighted by atomic mass is 10.2. The zero-order valence-corrected chi connectivity index (χ0v) is 15.5. The van der Waals surface area contributed by atoms with Crippen LogP contribution in [0.3, 0.4) is 0 Å². The molecule has 0 aliphatic carbocycles. The van der Waals surface area contributed by atoms with Gasteiger partial charge in [0.25, 0.3) is 0 Å². The number of carbonyl (C=O) groups is 1. The lowest BCUT2D eigenvalue weighted by Gasteiger charge is -2.06. The van der Waals surface area contributed by atoms with Crippen molar-refractivity contribution in [2.75, 3.05) is 11.1 Å². The predicted molar refractivity (Wildman–Crippen MR) is 97.6 cm³/mol. The van der Waals surface area contributed by atoms with E-state index in [1.807, 2.05) is 30.5 Å². The maximum Gasteiger partial charge on any atom is 0.236 e. The summed E-state index contributed by atoms with van der Waals surface area (Å²) >= 11 is 2.73. The van der Waals surface area contributed by atoms with Crippen molar-refractivity contribution in [2.45, 2.75) is 32.0 Å². The summed E-state index contributed by atoms with van der Waals surface area (Å²) in [4.78, 5) is 16.1. The molecule has 0 atom stereocenters. The monoisotopic (exact) mass is 375 g/mol. The minimum atomic E-state index is -0.139. The Balaban J connectivity index is 1.65. The van der Waals surface area contributed by atoms with Gasteiger partial charge < -0.3 is 4.57 Å². The highest BCUT2D eigenvalue weighted by atomic mass is 32.2. The fourth-order valence-corrected chi connectivity index (χ4v) is 3.63. The number of rotatable bonds is 7. The summed E-state index contributed by atoms with van der Waals surface area (Å²) in [5.74, 6) is 0.861. The number of thioether (sulfide) groups is 1. The zero-order chi connectivity index (χ0) is 17.6. The molecular weight excluding hydrogens is 358 g/mol. The largest absolute Gasteiger partial charge is 0.302 e. The van der Waals surface area contributed by atoms with Crippen LogP contribution in [0.15, 0.2) is 29.7 Å². The summed E-state index contributed by atoms with van der Waals surface area (Å²) in [7, 11) is 0. The SMILES string of the molecule is CCc1nnc(NC(=O)CSc2nnc(-c3ccncc3)n2CC)s1. The number of aryl methyl sites for hydroxylation is 1. The second kappa shape index (κ2) is 8.17. The molecule has 3 heterocycles. The molecule has 0 unspecified atom stereocenters. The Labute approximate surface area is 153 Å². The number of amides is 1. The molecule has 3 rings (SSSR count). The highest BCUT2D eigenvalue weighted by molar-refractivity contribution is 7.99. The lowest BCUT2D eigenvalue weighted by molar-refractivity contribution is -0.113. The fraction of sp³-hybridized carbons (Fsp3) is 0.333. The van der Waals surface area contributed by atoms with E-state index < -0.39 is 0 Å². The van der Waals surface area contributed by atoms with Gasteiger partial charge in [-0.15, -0.1) is 20.4 Å². The van der Waals surface area contributed by atoms with Gasteiger partial charge >= 0.3 is 0 Å². The maximum atomic E-state index is 12.1. The average molecular weight is 375 g/mol. The van der Waals surface area contributed by atoms with Crippen LogP contribution in [-0.4, -0.2) is 41.6 Å². The van der Waals surface area contributed by atoms with E-state index in [-0.39, 0.29) is 11.7 Å².